The number of amidine groups is 1. The molecule has 0 unspecified atom stereocenters. The molecule has 0 fully saturated rings. The molecule has 5 nitrogen and oxygen atoms in total. The Labute approximate surface area is 99.9 Å². The molecule has 0 aromatic heterocycles. The highest BCUT2D eigenvalue weighted by Crippen LogP contribution is 2.07. The van der Waals surface area contributed by atoms with Gasteiger partial charge in [0.15, 0.2) is 0 Å². The maximum Gasteiger partial charge on any atom is 0.407 e. The second-order valence-electron chi connectivity index (χ2n) is 3.68. The molecule has 5 heteroatoms. The standard InChI is InChI=1S/C12H15N3O2/c1-13-12(16)17-8-9-2-4-10(5-3-9)11-14-6-7-15-11/h2-5H,6-8H2,1H3,(H,13,16)(H,14,15). The maximum absolute atomic E-state index is 10.9. The summed E-state index contributed by atoms with van der Waals surface area (Å²) in [4.78, 5) is 15.2. The van der Waals surface area contributed by atoms with E-state index in [0.717, 1.165) is 30.1 Å². The minimum atomic E-state index is -0.420. The minimum absolute atomic E-state index is 0.278. The second-order valence-corrected chi connectivity index (χ2v) is 3.68. The van der Waals surface area contributed by atoms with E-state index in [9.17, 15) is 4.79 Å². The molecule has 17 heavy (non-hydrogen) atoms. The monoisotopic (exact) mass is 233 g/mol. The lowest BCUT2D eigenvalue weighted by molar-refractivity contribution is 0.142. The molecule has 0 aliphatic carbocycles. The van der Waals surface area contributed by atoms with E-state index in [-0.39, 0.29) is 6.61 Å². The van der Waals surface area contributed by atoms with Crippen molar-refractivity contribution in [2.75, 3.05) is 20.1 Å². The molecule has 2 rings (SSSR count). The normalized spacial score (nSPS) is 13.8. The van der Waals surface area contributed by atoms with Gasteiger partial charge in [-0.1, -0.05) is 24.3 Å². The highest BCUT2D eigenvalue weighted by Gasteiger charge is 2.07. The van der Waals surface area contributed by atoms with Gasteiger partial charge in [0.2, 0.25) is 0 Å². The quantitative estimate of drug-likeness (QED) is 0.815. The van der Waals surface area contributed by atoms with Gasteiger partial charge < -0.3 is 15.4 Å². The van der Waals surface area contributed by atoms with Crippen molar-refractivity contribution in [1.29, 1.82) is 0 Å². The van der Waals surface area contributed by atoms with E-state index < -0.39 is 6.09 Å². The van der Waals surface area contributed by atoms with Crippen molar-refractivity contribution in [2.24, 2.45) is 4.99 Å². The van der Waals surface area contributed by atoms with E-state index in [1.54, 1.807) is 0 Å². The van der Waals surface area contributed by atoms with Crippen LogP contribution < -0.4 is 10.6 Å². The summed E-state index contributed by atoms with van der Waals surface area (Å²) in [6, 6.07) is 7.81. The molecule has 1 aliphatic rings. The molecule has 0 bridgehead atoms. The first-order valence-corrected chi connectivity index (χ1v) is 5.52. The fourth-order valence-electron chi connectivity index (χ4n) is 1.57. The molecule has 1 aliphatic heterocycles. The Balaban J connectivity index is 1.95. The zero-order valence-corrected chi connectivity index (χ0v) is 9.69. The van der Waals surface area contributed by atoms with Crippen molar-refractivity contribution in [3.05, 3.63) is 35.4 Å². The van der Waals surface area contributed by atoms with Crippen LogP contribution in [0.5, 0.6) is 0 Å². The van der Waals surface area contributed by atoms with Crippen molar-refractivity contribution >= 4 is 11.9 Å². The molecule has 0 saturated carbocycles. The fraction of sp³-hybridized carbons (Fsp3) is 0.333. The van der Waals surface area contributed by atoms with Gasteiger partial charge in [0.25, 0.3) is 0 Å². The third kappa shape index (κ3) is 2.96. The number of rotatable bonds is 3. The van der Waals surface area contributed by atoms with Crippen molar-refractivity contribution in [3.8, 4) is 0 Å². The SMILES string of the molecule is CNC(=O)OCc1ccc(C2=NCCN2)cc1. The molecule has 2 N–H and O–H groups in total. The number of nitrogens with one attached hydrogen (secondary N) is 2. The van der Waals surface area contributed by atoms with Crippen molar-refractivity contribution in [3.63, 3.8) is 0 Å². The summed E-state index contributed by atoms with van der Waals surface area (Å²) in [6.45, 7) is 2.01. The third-order valence-corrected chi connectivity index (χ3v) is 2.48. The van der Waals surface area contributed by atoms with E-state index in [1.165, 1.54) is 7.05 Å². The zero-order chi connectivity index (χ0) is 12.1. The van der Waals surface area contributed by atoms with Gasteiger partial charge in [-0.25, -0.2) is 4.79 Å². The molecule has 1 amide bonds. The van der Waals surface area contributed by atoms with Gasteiger partial charge in [-0.05, 0) is 5.56 Å². The number of hydrogen-bond acceptors (Lipinski definition) is 4. The first-order chi connectivity index (χ1) is 8.29. The fourth-order valence-corrected chi connectivity index (χ4v) is 1.57. The van der Waals surface area contributed by atoms with Crippen molar-refractivity contribution < 1.29 is 9.53 Å². The highest BCUT2D eigenvalue weighted by atomic mass is 16.5. The third-order valence-electron chi connectivity index (χ3n) is 2.48. The summed E-state index contributed by atoms with van der Waals surface area (Å²) >= 11 is 0. The number of aliphatic imine (C=N–C) groups is 1. The lowest BCUT2D eigenvalue weighted by atomic mass is 10.1. The summed E-state index contributed by atoms with van der Waals surface area (Å²) in [5.41, 5.74) is 2.02. The van der Waals surface area contributed by atoms with E-state index in [4.69, 9.17) is 4.74 Å². The Morgan fingerprint density at radius 3 is 2.82 bits per heavy atom. The average Bonchev–Trinajstić information content (AvgIpc) is 2.90. The second kappa shape index (κ2) is 5.34. The number of nitrogens with zero attached hydrogens (tertiary/aromatic N) is 1. The van der Waals surface area contributed by atoms with Crippen LogP contribution in [0.15, 0.2) is 29.3 Å². The predicted octanol–water partition coefficient (Wildman–Crippen LogP) is 0.892. The van der Waals surface area contributed by atoms with Crippen LogP contribution in [-0.2, 0) is 11.3 Å². The van der Waals surface area contributed by atoms with E-state index in [1.807, 2.05) is 24.3 Å². The van der Waals surface area contributed by atoms with Crippen LogP contribution in [0, 0.1) is 0 Å². The van der Waals surface area contributed by atoms with Gasteiger partial charge in [-0.2, -0.15) is 0 Å². The Hall–Kier alpha value is -2.04. The van der Waals surface area contributed by atoms with Gasteiger partial charge >= 0.3 is 6.09 Å². The van der Waals surface area contributed by atoms with Gasteiger partial charge in [0.1, 0.15) is 12.4 Å². The Kier molecular flexibility index (Phi) is 3.59. The first kappa shape index (κ1) is 11.4. The lowest BCUT2D eigenvalue weighted by Crippen LogP contribution is -2.20. The number of benzene rings is 1. The number of carbonyl (C=O) groups excluding carboxylic acids is 1. The van der Waals surface area contributed by atoms with Gasteiger partial charge in [-0.3, -0.25) is 4.99 Å². The van der Waals surface area contributed by atoms with Crippen molar-refractivity contribution in [1.82, 2.24) is 10.6 Å². The number of alkyl carbamates (subject to hydrolysis) is 1. The summed E-state index contributed by atoms with van der Waals surface area (Å²) in [6.07, 6.45) is -0.420. The van der Waals surface area contributed by atoms with Gasteiger partial charge in [-0.15, -0.1) is 0 Å². The van der Waals surface area contributed by atoms with E-state index in [2.05, 4.69) is 15.6 Å². The predicted molar refractivity (Wildman–Crippen MR) is 65.1 cm³/mol. The highest BCUT2D eigenvalue weighted by molar-refractivity contribution is 5.99. The maximum atomic E-state index is 10.9. The minimum Gasteiger partial charge on any atom is -0.445 e. The van der Waals surface area contributed by atoms with Crippen LogP contribution in [-0.4, -0.2) is 32.1 Å². The molecular formula is C12H15N3O2. The molecule has 0 saturated heterocycles. The van der Waals surface area contributed by atoms with Crippen molar-refractivity contribution in [2.45, 2.75) is 6.61 Å². The van der Waals surface area contributed by atoms with Gasteiger partial charge in [0.05, 0.1) is 6.54 Å². The summed E-state index contributed by atoms with van der Waals surface area (Å²) < 4.78 is 4.95. The Bertz CT molecular complexity index is 426. The Morgan fingerprint density at radius 2 is 2.24 bits per heavy atom. The summed E-state index contributed by atoms with van der Waals surface area (Å²) in [7, 11) is 1.54. The molecule has 0 atom stereocenters. The van der Waals surface area contributed by atoms with Crippen LogP contribution in [0.1, 0.15) is 11.1 Å². The average molecular weight is 233 g/mol. The van der Waals surface area contributed by atoms with Gasteiger partial charge in [0, 0.05) is 19.2 Å². The number of ether oxygens (including phenoxy) is 1. The smallest absolute Gasteiger partial charge is 0.407 e. The lowest BCUT2D eigenvalue weighted by Gasteiger charge is -2.06. The van der Waals surface area contributed by atoms with Crippen LogP contribution >= 0.6 is 0 Å². The molecule has 1 aromatic rings. The molecule has 1 aromatic carbocycles. The molecule has 0 spiro atoms. The summed E-state index contributed by atoms with van der Waals surface area (Å²) in [5.74, 6) is 0.934. The molecule has 90 valence electrons. The summed E-state index contributed by atoms with van der Waals surface area (Å²) in [5, 5.41) is 5.61. The topological polar surface area (TPSA) is 62.7 Å². The number of carbonyl (C=O) groups is 1. The molecule has 0 radical (unpaired) electrons. The van der Waals surface area contributed by atoms with E-state index >= 15 is 0 Å². The van der Waals surface area contributed by atoms with E-state index in [0.29, 0.717) is 0 Å². The van der Waals surface area contributed by atoms with Crippen LogP contribution in [0.2, 0.25) is 0 Å². The van der Waals surface area contributed by atoms with Crippen LogP contribution in [0.3, 0.4) is 0 Å². The molecular weight excluding hydrogens is 218 g/mol. The van der Waals surface area contributed by atoms with Crippen LogP contribution in [0.4, 0.5) is 4.79 Å². The zero-order valence-electron chi connectivity index (χ0n) is 9.69. The number of amides is 1. The number of hydrogen-bond donors (Lipinski definition) is 2. The first-order valence-electron chi connectivity index (χ1n) is 5.52. The molecule has 1 heterocycles. The Morgan fingerprint density at radius 1 is 1.47 bits per heavy atom. The largest absolute Gasteiger partial charge is 0.445 e. The van der Waals surface area contributed by atoms with Crippen LogP contribution in [0.25, 0.3) is 0 Å².